The number of nitrogens with one attached hydrogen (secondary N) is 2. The third-order valence-corrected chi connectivity index (χ3v) is 6.83. The van der Waals surface area contributed by atoms with Crippen LogP contribution in [0, 0.1) is 0 Å². The largest absolute Gasteiger partial charge is 0.446 e. The molecule has 1 fully saturated rings. The highest BCUT2D eigenvalue weighted by molar-refractivity contribution is 5.90. The van der Waals surface area contributed by atoms with E-state index >= 15 is 0 Å². The average molecular weight is 529 g/mol. The van der Waals surface area contributed by atoms with Gasteiger partial charge in [0.1, 0.15) is 6.61 Å². The zero-order chi connectivity index (χ0) is 27.2. The highest BCUT2D eigenvalue weighted by Gasteiger charge is 2.26. The lowest BCUT2D eigenvalue weighted by Crippen LogP contribution is -2.46. The second-order valence-electron chi connectivity index (χ2n) is 11.6. The first-order chi connectivity index (χ1) is 17.8. The molecule has 1 rings (SSSR count). The molecule has 8 heteroatoms. The van der Waals surface area contributed by atoms with Crippen LogP contribution in [0.1, 0.15) is 110 Å². The Labute approximate surface area is 227 Å². The molecule has 8 nitrogen and oxygen atoms in total. The molecule has 1 heterocycles. The van der Waals surface area contributed by atoms with Crippen LogP contribution in [0.25, 0.3) is 0 Å². The number of hydrogen-bond acceptors (Lipinski definition) is 5. The minimum atomic E-state index is -0.746. The number of likely N-dealkylation sites (N-methyl/N-ethyl adjacent to an activating group) is 1. The van der Waals surface area contributed by atoms with Crippen molar-refractivity contribution in [1.82, 2.24) is 10.6 Å². The number of hydrogen-bond donors (Lipinski definition) is 2. The summed E-state index contributed by atoms with van der Waals surface area (Å²) in [5, 5.41) is 4.84. The van der Waals surface area contributed by atoms with Crippen LogP contribution in [0.15, 0.2) is 0 Å². The monoisotopic (exact) mass is 528 g/mol. The van der Waals surface area contributed by atoms with E-state index in [9.17, 15) is 9.59 Å². The number of alkyl carbamates (subject to hydrolysis) is 1. The molecule has 0 aliphatic carbocycles. The van der Waals surface area contributed by atoms with E-state index in [2.05, 4.69) is 17.6 Å². The van der Waals surface area contributed by atoms with Crippen LogP contribution < -0.4 is 10.6 Å². The number of carbonyl (C=O) groups is 2. The van der Waals surface area contributed by atoms with Gasteiger partial charge in [0, 0.05) is 6.61 Å². The lowest BCUT2D eigenvalue weighted by Gasteiger charge is -2.23. The number of imide groups is 1. The Morgan fingerprint density at radius 3 is 1.84 bits per heavy atom. The minimum Gasteiger partial charge on any atom is -0.446 e. The molecular formula is C29H58N3O5+. The molecule has 0 aromatic rings. The summed E-state index contributed by atoms with van der Waals surface area (Å²) in [5.74, 6) is 0. The zero-order valence-corrected chi connectivity index (χ0v) is 24.5. The summed E-state index contributed by atoms with van der Waals surface area (Å²) in [6, 6.07) is -0.541. The predicted octanol–water partition coefficient (Wildman–Crippen LogP) is 6.17. The van der Waals surface area contributed by atoms with E-state index in [0.29, 0.717) is 13.2 Å². The summed E-state index contributed by atoms with van der Waals surface area (Å²) in [7, 11) is 6.11. The number of nitrogens with zero attached hydrogens (tertiary/aromatic N) is 1. The van der Waals surface area contributed by atoms with Crippen LogP contribution in [0.2, 0.25) is 0 Å². The van der Waals surface area contributed by atoms with Crippen LogP contribution in [0.3, 0.4) is 0 Å². The lowest BCUT2D eigenvalue weighted by molar-refractivity contribution is -0.869. The van der Waals surface area contributed by atoms with Gasteiger partial charge >= 0.3 is 12.1 Å². The molecule has 37 heavy (non-hydrogen) atoms. The van der Waals surface area contributed by atoms with E-state index in [1.807, 2.05) is 21.1 Å². The molecule has 3 amide bonds. The zero-order valence-electron chi connectivity index (χ0n) is 24.5. The number of amides is 3. The van der Waals surface area contributed by atoms with Crippen molar-refractivity contribution in [3.8, 4) is 0 Å². The molecule has 0 aromatic heterocycles. The van der Waals surface area contributed by atoms with Crippen molar-refractivity contribution in [2.75, 3.05) is 54.1 Å². The van der Waals surface area contributed by atoms with Gasteiger partial charge in [0.15, 0.2) is 0 Å². The highest BCUT2D eigenvalue weighted by atomic mass is 16.6. The number of quaternary nitrogens is 1. The summed E-state index contributed by atoms with van der Waals surface area (Å²) in [6.45, 7) is 5.04. The summed E-state index contributed by atoms with van der Waals surface area (Å²) >= 11 is 0. The minimum absolute atomic E-state index is 0.0575. The van der Waals surface area contributed by atoms with E-state index in [4.69, 9.17) is 14.2 Å². The summed E-state index contributed by atoms with van der Waals surface area (Å²) < 4.78 is 17.6. The van der Waals surface area contributed by atoms with Gasteiger partial charge in [-0.25, -0.2) is 14.9 Å². The van der Waals surface area contributed by atoms with E-state index in [-0.39, 0.29) is 18.8 Å². The standard InChI is InChI=1S/C29H57N3O5/c1-5-6-7-8-9-10-11-12-13-14-15-16-17-18-23-35-24-26-19-20-27(37-26)25-36-29(34)31-28(33)30-21-22-32(2,3)4/h26-27H,5-25H2,1-4H3,(H-,30,31,33,34)/p+1/t26-,27+/m1/s1. The third-order valence-electron chi connectivity index (χ3n) is 6.83. The fourth-order valence-electron chi connectivity index (χ4n) is 4.49. The average Bonchev–Trinajstić information content (AvgIpc) is 3.29. The van der Waals surface area contributed by atoms with E-state index in [1.165, 1.54) is 83.5 Å². The molecule has 0 spiro atoms. The van der Waals surface area contributed by atoms with Crippen LogP contribution in [-0.4, -0.2) is 82.9 Å². The molecule has 1 saturated heterocycles. The summed E-state index contributed by atoms with van der Waals surface area (Å²) in [5.41, 5.74) is 0. The predicted molar refractivity (Wildman–Crippen MR) is 150 cm³/mol. The second-order valence-corrected chi connectivity index (χ2v) is 11.6. The van der Waals surface area contributed by atoms with Crippen LogP contribution in [-0.2, 0) is 14.2 Å². The van der Waals surface area contributed by atoms with Crippen molar-refractivity contribution in [2.45, 2.75) is 122 Å². The van der Waals surface area contributed by atoms with Crippen LogP contribution in [0.4, 0.5) is 9.59 Å². The van der Waals surface area contributed by atoms with Crippen molar-refractivity contribution < 1.29 is 28.3 Å². The molecule has 0 saturated carbocycles. The van der Waals surface area contributed by atoms with Crippen molar-refractivity contribution in [1.29, 1.82) is 0 Å². The van der Waals surface area contributed by atoms with Crippen molar-refractivity contribution >= 4 is 12.1 Å². The fourth-order valence-corrected chi connectivity index (χ4v) is 4.49. The van der Waals surface area contributed by atoms with Crippen molar-refractivity contribution in [3.05, 3.63) is 0 Å². The normalized spacial score (nSPS) is 17.6. The summed E-state index contributed by atoms with van der Waals surface area (Å²) in [4.78, 5) is 23.5. The molecule has 2 N–H and O–H groups in total. The Balaban J connectivity index is 1.88. The lowest BCUT2D eigenvalue weighted by atomic mass is 10.0. The van der Waals surface area contributed by atoms with Gasteiger partial charge in [-0.15, -0.1) is 0 Å². The molecule has 218 valence electrons. The molecule has 1 aliphatic rings. The van der Waals surface area contributed by atoms with Crippen molar-refractivity contribution in [2.24, 2.45) is 0 Å². The SMILES string of the molecule is CCCCCCCCCCCCCCCCOC[C@H]1CC[C@@H](COC(=O)NC(=O)NCC[N+](C)(C)C)O1. The molecule has 0 radical (unpaired) electrons. The first-order valence-corrected chi connectivity index (χ1v) is 15.1. The maximum absolute atomic E-state index is 11.8. The first-order valence-electron chi connectivity index (χ1n) is 15.1. The summed E-state index contributed by atoms with van der Waals surface area (Å²) in [6.07, 6.45) is 19.9. The smallest absolute Gasteiger partial charge is 0.415 e. The topological polar surface area (TPSA) is 85.9 Å². The molecule has 1 aliphatic heterocycles. The maximum atomic E-state index is 11.8. The molecule has 0 unspecified atom stereocenters. The van der Waals surface area contributed by atoms with Gasteiger partial charge in [-0.2, -0.15) is 0 Å². The van der Waals surface area contributed by atoms with E-state index in [1.54, 1.807) is 0 Å². The van der Waals surface area contributed by atoms with Crippen molar-refractivity contribution in [3.63, 3.8) is 0 Å². The molecule has 0 bridgehead atoms. The van der Waals surface area contributed by atoms with Gasteiger partial charge in [0.05, 0.1) is 53.0 Å². The van der Waals surface area contributed by atoms with E-state index in [0.717, 1.165) is 36.9 Å². The Morgan fingerprint density at radius 2 is 1.30 bits per heavy atom. The first kappa shape index (κ1) is 33.6. The fraction of sp³-hybridized carbons (Fsp3) is 0.931. The van der Waals surface area contributed by atoms with Gasteiger partial charge in [-0.05, 0) is 19.3 Å². The third kappa shape index (κ3) is 21.3. The number of unbranched alkanes of at least 4 members (excludes halogenated alkanes) is 13. The van der Waals surface area contributed by atoms with E-state index < -0.39 is 12.1 Å². The number of rotatable bonds is 22. The Hall–Kier alpha value is -1.38. The van der Waals surface area contributed by atoms with Gasteiger partial charge in [0.25, 0.3) is 0 Å². The van der Waals surface area contributed by atoms with Gasteiger partial charge in [0.2, 0.25) is 0 Å². The maximum Gasteiger partial charge on any atom is 0.415 e. The Morgan fingerprint density at radius 1 is 0.784 bits per heavy atom. The highest BCUT2D eigenvalue weighted by Crippen LogP contribution is 2.20. The van der Waals surface area contributed by atoms with Gasteiger partial charge in [-0.1, -0.05) is 90.4 Å². The number of ether oxygens (including phenoxy) is 3. The quantitative estimate of drug-likeness (QED) is 0.130. The van der Waals surface area contributed by atoms with Gasteiger partial charge in [-0.3, -0.25) is 0 Å². The van der Waals surface area contributed by atoms with Crippen LogP contribution in [0.5, 0.6) is 0 Å². The van der Waals surface area contributed by atoms with Crippen LogP contribution >= 0.6 is 0 Å². The van der Waals surface area contributed by atoms with Gasteiger partial charge < -0.3 is 24.0 Å². The Bertz CT molecular complexity index is 582. The second kappa shape index (κ2) is 21.5. The number of carbonyl (C=O) groups excluding carboxylic acids is 2. The molecule has 2 atom stereocenters. The Kier molecular flexibility index (Phi) is 19.6. The molecular weight excluding hydrogens is 470 g/mol. The molecule has 0 aromatic carbocycles. The number of urea groups is 1.